The zero-order chi connectivity index (χ0) is 22.2. The second kappa shape index (κ2) is 8.26. The number of carbonyl (C=O) groups is 2. The fourth-order valence-electron chi connectivity index (χ4n) is 3.55. The number of hydrogen-bond acceptors (Lipinski definition) is 3. The van der Waals surface area contributed by atoms with Crippen LogP contribution < -0.4 is 5.32 Å². The van der Waals surface area contributed by atoms with E-state index >= 15 is 0 Å². The maximum absolute atomic E-state index is 12.9. The molecule has 0 saturated heterocycles. The summed E-state index contributed by atoms with van der Waals surface area (Å²) in [6.45, 7) is 0.394. The van der Waals surface area contributed by atoms with Gasteiger partial charge in [0.15, 0.2) is 0 Å². The van der Waals surface area contributed by atoms with Crippen LogP contribution in [-0.4, -0.2) is 29.0 Å². The molecule has 4 nitrogen and oxygen atoms in total. The molecule has 2 amide bonds. The van der Waals surface area contributed by atoms with Crippen LogP contribution in [0.25, 0.3) is 10.8 Å². The van der Waals surface area contributed by atoms with E-state index in [-0.39, 0.29) is 18.0 Å². The number of thioether (sulfide) groups is 1. The number of alkyl halides is 3. The number of rotatable bonds is 4. The number of nitrogens with zero attached hydrogens (tertiary/aromatic N) is 1. The van der Waals surface area contributed by atoms with E-state index in [0.717, 1.165) is 40.2 Å². The number of anilines is 1. The average molecular weight is 444 g/mol. The largest absolute Gasteiger partial charge is 0.416 e. The average Bonchev–Trinajstić information content (AvgIpc) is 2.73. The SMILES string of the molecule is CN(Cc1cccc2ccccc12)C(=O)C[C@@H]1Sc2ccc(C(F)(F)F)cc2NC1=O. The van der Waals surface area contributed by atoms with Gasteiger partial charge in [0.25, 0.3) is 0 Å². The van der Waals surface area contributed by atoms with Crippen molar-refractivity contribution in [3.05, 3.63) is 71.8 Å². The van der Waals surface area contributed by atoms with E-state index < -0.39 is 22.9 Å². The van der Waals surface area contributed by atoms with Gasteiger partial charge in [0.2, 0.25) is 11.8 Å². The van der Waals surface area contributed by atoms with Crippen molar-refractivity contribution in [1.82, 2.24) is 4.90 Å². The van der Waals surface area contributed by atoms with Crippen LogP contribution in [0, 0.1) is 0 Å². The van der Waals surface area contributed by atoms with Crippen LogP contribution in [0.15, 0.2) is 65.6 Å². The maximum Gasteiger partial charge on any atom is 0.416 e. The number of nitrogens with one attached hydrogen (secondary N) is 1. The van der Waals surface area contributed by atoms with Gasteiger partial charge in [-0.05, 0) is 34.5 Å². The Morgan fingerprint density at radius 1 is 1.10 bits per heavy atom. The molecule has 8 heteroatoms. The lowest BCUT2D eigenvalue weighted by molar-refractivity contribution is -0.137. The lowest BCUT2D eigenvalue weighted by Gasteiger charge is -2.26. The van der Waals surface area contributed by atoms with E-state index in [0.29, 0.717) is 11.4 Å². The molecular formula is C23H19F3N2O2S. The Morgan fingerprint density at radius 3 is 2.61 bits per heavy atom. The van der Waals surface area contributed by atoms with Gasteiger partial charge >= 0.3 is 6.18 Å². The van der Waals surface area contributed by atoms with Gasteiger partial charge in [-0.3, -0.25) is 9.59 Å². The van der Waals surface area contributed by atoms with Gasteiger partial charge in [0.1, 0.15) is 0 Å². The molecule has 0 unspecified atom stereocenters. The molecule has 3 aromatic rings. The first-order valence-electron chi connectivity index (χ1n) is 9.62. The predicted molar refractivity (Wildman–Crippen MR) is 115 cm³/mol. The summed E-state index contributed by atoms with van der Waals surface area (Å²) in [5, 5.41) is 3.95. The van der Waals surface area contributed by atoms with Gasteiger partial charge in [0.05, 0.1) is 16.5 Å². The first kappa shape index (κ1) is 21.2. The molecule has 1 aliphatic rings. The Labute approximate surface area is 181 Å². The third-order valence-electron chi connectivity index (χ3n) is 5.20. The third kappa shape index (κ3) is 4.54. The lowest BCUT2D eigenvalue weighted by Crippen LogP contribution is -2.35. The fourth-order valence-corrected chi connectivity index (χ4v) is 4.63. The first-order chi connectivity index (χ1) is 14.7. The number of benzene rings is 3. The molecule has 4 rings (SSSR count). The number of hydrogen-bond donors (Lipinski definition) is 1. The minimum atomic E-state index is -4.48. The van der Waals surface area contributed by atoms with Crippen molar-refractivity contribution in [3.63, 3.8) is 0 Å². The van der Waals surface area contributed by atoms with E-state index in [1.807, 2.05) is 42.5 Å². The molecule has 0 radical (unpaired) electrons. The van der Waals surface area contributed by atoms with E-state index in [1.54, 1.807) is 11.9 Å². The van der Waals surface area contributed by atoms with Crippen molar-refractivity contribution in [1.29, 1.82) is 0 Å². The van der Waals surface area contributed by atoms with Gasteiger partial charge in [-0.1, -0.05) is 42.5 Å². The summed E-state index contributed by atoms with van der Waals surface area (Å²) in [6, 6.07) is 17.0. The Balaban J connectivity index is 1.45. The predicted octanol–water partition coefficient (Wildman–Crippen LogP) is 5.32. The lowest BCUT2D eigenvalue weighted by atomic mass is 10.0. The molecule has 0 fully saturated rings. The first-order valence-corrected chi connectivity index (χ1v) is 10.5. The quantitative estimate of drug-likeness (QED) is 0.593. The summed E-state index contributed by atoms with van der Waals surface area (Å²) < 4.78 is 38.7. The smallest absolute Gasteiger partial charge is 0.341 e. The van der Waals surface area contributed by atoms with E-state index in [1.165, 1.54) is 6.07 Å². The molecule has 31 heavy (non-hydrogen) atoms. The van der Waals surface area contributed by atoms with Gasteiger partial charge in [-0.2, -0.15) is 13.2 Å². The highest BCUT2D eigenvalue weighted by molar-refractivity contribution is 8.01. The molecule has 0 aromatic heterocycles. The van der Waals surface area contributed by atoms with Crippen LogP contribution in [0.1, 0.15) is 17.5 Å². The van der Waals surface area contributed by atoms with Crippen molar-refractivity contribution in [2.45, 2.75) is 29.3 Å². The van der Waals surface area contributed by atoms with Gasteiger partial charge < -0.3 is 10.2 Å². The molecule has 1 aliphatic heterocycles. The van der Waals surface area contributed by atoms with Crippen molar-refractivity contribution in [3.8, 4) is 0 Å². The van der Waals surface area contributed by atoms with Crippen LogP contribution in [-0.2, 0) is 22.3 Å². The van der Waals surface area contributed by atoms with Crippen molar-refractivity contribution >= 4 is 40.0 Å². The highest BCUT2D eigenvalue weighted by atomic mass is 32.2. The second-order valence-electron chi connectivity index (χ2n) is 7.40. The van der Waals surface area contributed by atoms with Crippen LogP contribution in [0.2, 0.25) is 0 Å². The van der Waals surface area contributed by atoms with E-state index in [2.05, 4.69) is 5.32 Å². The van der Waals surface area contributed by atoms with Crippen LogP contribution >= 0.6 is 11.8 Å². The highest BCUT2D eigenvalue weighted by Crippen LogP contribution is 2.40. The van der Waals surface area contributed by atoms with Crippen LogP contribution in [0.3, 0.4) is 0 Å². The zero-order valence-corrected chi connectivity index (χ0v) is 17.4. The van der Waals surface area contributed by atoms with Crippen molar-refractivity contribution in [2.24, 2.45) is 0 Å². The summed E-state index contributed by atoms with van der Waals surface area (Å²) >= 11 is 1.11. The molecule has 0 saturated carbocycles. The summed E-state index contributed by atoms with van der Waals surface area (Å²) in [5.41, 5.74) is 0.300. The topological polar surface area (TPSA) is 49.4 Å². The Morgan fingerprint density at radius 2 is 1.84 bits per heavy atom. The molecule has 1 atom stereocenters. The zero-order valence-electron chi connectivity index (χ0n) is 16.6. The third-order valence-corrected chi connectivity index (χ3v) is 6.47. The number of amides is 2. The molecule has 1 heterocycles. The fraction of sp³-hybridized carbons (Fsp3) is 0.217. The molecule has 0 spiro atoms. The van der Waals surface area contributed by atoms with Gasteiger partial charge in [0, 0.05) is 24.9 Å². The number of halogens is 3. The summed E-state index contributed by atoms with van der Waals surface area (Å²) in [6.07, 6.45) is -4.53. The van der Waals surface area contributed by atoms with Crippen LogP contribution in [0.5, 0.6) is 0 Å². The Bertz CT molecular complexity index is 1160. The van der Waals surface area contributed by atoms with Crippen molar-refractivity contribution in [2.75, 3.05) is 12.4 Å². The standard InChI is InChI=1S/C23H19F3N2O2S/c1-28(13-15-7-4-6-14-5-2-3-8-17(14)15)21(29)12-20-22(30)27-18-11-16(23(24,25)26)9-10-19(18)31-20/h2-11,20H,12-13H2,1H3,(H,27,30)/t20-/m0/s1. The van der Waals surface area contributed by atoms with E-state index in [4.69, 9.17) is 0 Å². The van der Waals surface area contributed by atoms with E-state index in [9.17, 15) is 22.8 Å². The summed E-state index contributed by atoms with van der Waals surface area (Å²) in [4.78, 5) is 27.3. The Hall–Kier alpha value is -3.00. The highest BCUT2D eigenvalue weighted by Gasteiger charge is 2.34. The Kier molecular flexibility index (Phi) is 5.66. The minimum absolute atomic E-state index is 0.0434. The molecule has 3 aromatic carbocycles. The summed E-state index contributed by atoms with van der Waals surface area (Å²) in [5.74, 6) is -0.681. The second-order valence-corrected chi connectivity index (χ2v) is 8.64. The monoisotopic (exact) mass is 444 g/mol. The normalized spacial score (nSPS) is 16.0. The van der Waals surface area contributed by atoms with Gasteiger partial charge in [-0.15, -0.1) is 11.8 Å². The number of fused-ring (bicyclic) bond motifs is 2. The molecule has 0 aliphatic carbocycles. The number of carbonyl (C=O) groups excluding carboxylic acids is 2. The minimum Gasteiger partial charge on any atom is -0.341 e. The van der Waals surface area contributed by atoms with Crippen LogP contribution in [0.4, 0.5) is 18.9 Å². The van der Waals surface area contributed by atoms with Crippen molar-refractivity contribution < 1.29 is 22.8 Å². The molecular weight excluding hydrogens is 425 g/mol. The molecule has 1 N–H and O–H groups in total. The maximum atomic E-state index is 12.9. The molecule has 160 valence electrons. The molecule has 0 bridgehead atoms. The van der Waals surface area contributed by atoms with Gasteiger partial charge in [-0.25, -0.2) is 0 Å². The summed E-state index contributed by atoms with van der Waals surface area (Å²) in [7, 11) is 1.68.